The minimum atomic E-state index is -1.68. The number of nitrogens with zero attached hydrogens (tertiary/aromatic N) is 1. The van der Waals surface area contributed by atoms with E-state index in [1.54, 1.807) is 13.3 Å². The molecule has 0 saturated heterocycles. The molecule has 0 spiro atoms. The van der Waals surface area contributed by atoms with Crippen LogP contribution in [0.3, 0.4) is 0 Å². The van der Waals surface area contributed by atoms with E-state index >= 15 is 0 Å². The molecule has 62 valence electrons. The first-order valence-electron chi connectivity index (χ1n) is 3.70. The first-order valence-corrected chi connectivity index (χ1v) is 8.52. The summed E-state index contributed by atoms with van der Waals surface area (Å²) in [6.45, 7) is 2.16. The van der Waals surface area contributed by atoms with Crippen LogP contribution in [0.25, 0.3) is 0 Å². The van der Waals surface area contributed by atoms with Crippen molar-refractivity contribution in [3.05, 3.63) is 0 Å². The van der Waals surface area contributed by atoms with Crippen LogP contribution in [-0.4, -0.2) is 26.2 Å². The van der Waals surface area contributed by atoms with Gasteiger partial charge >= 0.3 is 0 Å². The van der Waals surface area contributed by atoms with E-state index in [4.69, 9.17) is 0 Å². The van der Waals surface area contributed by atoms with E-state index in [2.05, 4.69) is 11.3 Å². The van der Waals surface area contributed by atoms with Crippen LogP contribution in [0, 0.1) is 0 Å². The molecule has 10 heavy (non-hydrogen) atoms. The monoisotopic (exact) mass is 179 g/mol. The smallest absolute Gasteiger partial charge is 0.139 e. The largest absolute Gasteiger partial charge is 0.258 e. The zero-order valence-electron chi connectivity index (χ0n) is 7.09. The Morgan fingerprint density at radius 3 is 2.60 bits per heavy atom. The van der Waals surface area contributed by atoms with Crippen LogP contribution in [0.15, 0.2) is 4.36 Å². The first kappa shape index (κ1) is 10.2. The molecule has 0 aliphatic heterocycles. The van der Waals surface area contributed by atoms with E-state index in [9.17, 15) is 4.21 Å². The van der Waals surface area contributed by atoms with Crippen LogP contribution in [0.1, 0.15) is 19.8 Å². The van der Waals surface area contributed by atoms with Gasteiger partial charge in [-0.15, -0.1) is 0 Å². The van der Waals surface area contributed by atoms with Crippen LogP contribution in [-0.2, 0) is 9.18 Å². The molecule has 2 nitrogen and oxygen atoms in total. The molecular formula is C6H17NOSSi. The van der Waals surface area contributed by atoms with Crippen LogP contribution in [0.4, 0.5) is 0 Å². The number of rotatable bonds is 4. The van der Waals surface area contributed by atoms with Gasteiger partial charge < -0.3 is 0 Å². The maximum atomic E-state index is 11.3. The van der Waals surface area contributed by atoms with E-state index in [0.29, 0.717) is 0 Å². The fourth-order valence-corrected chi connectivity index (χ4v) is 4.90. The van der Waals surface area contributed by atoms with Gasteiger partial charge in [0.2, 0.25) is 0 Å². The van der Waals surface area contributed by atoms with Gasteiger partial charge in [-0.2, -0.15) is 0 Å². The van der Waals surface area contributed by atoms with Gasteiger partial charge in [0, 0.05) is 22.5 Å². The molecule has 0 heterocycles. The summed E-state index contributed by atoms with van der Waals surface area (Å²) in [6, 6.07) is 1.18. The molecule has 0 N–H and O–H groups in total. The van der Waals surface area contributed by atoms with Crippen molar-refractivity contribution in [1.29, 1.82) is 0 Å². The second kappa shape index (κ2) is 4.90. The van der Waals surface area contributed by atoms with Crippen LogP contribution in [0.5, 0.6) is 0 Å². The molecule has 0 saturated carbocycles. The molecular weight excluding hydrogens is 162 g/mol. The molecule has 4 heteroatoms. The molecule has 0 aliphatic carbocycles. The third-order valence-electron chi connectivity index (χ3n) is 1.51. The normalized spacial score (nSPS) is 17.5. The standard InChI is InChI=1S/C6H17NOSSi/c1-4-5-6-10-9(3,8)7-2/h4-6,10H2,1-3H3. The maximum absolute atomic E-state index is 11.3. The second-order valence-corrected chi connectivity index (χ2v) is 10.4. The van der Waals surface area contributed by atoms with Gasteiger partial charge in [-0.1, -0.05) is 25.8 Å². The third-order valence-corrected chi connectivity index (χ3v) is 7.74. The van der Waals surface area contributed by atoms with Crippen LogP contribution >= 0.6 is 0 Å². The van der Waals surface area contributed by atoms with Crippen molar-refractivity contribution in [2.45, 2.75) is 25.8 Å². The van der Waals surface area contributed by atoms with Gasteiger partial charge in [-0.05, 0) is 0 Å². The molecule has 0 bridgehead atoms. The summed E-state index contributed by atoms with van der Waals surface area (Å²) in [4.78, 5) is 0. The van der Waals surface area contributed by atoms with Crippen molar-refractivity contribution in [3.8, 4) is 0 Å². The highest BCUT2D eigenvalue weighted by Crippen LogP contribution is 1.97. The minimum absolute atomic E-state index is 0.411. The molecule has 0 fully saturated rings. The Hall–Kier alpha value is 0.167. The van der Waals surface area contributed by atoms with Crippen molar-refractivity contribution in [2.24, 2.45) is 4.36 Å². The SMILES string of the molecule is CCCC[SiH2]S(C)(=O)=NC. The Morgan fingerprint density at radius 2 is 2.20 bits per heavy atom. The van der Waals surface area contributed by atoms with Gasteiger partial charge in [0.05, 0.1) is 0 Å². The summed E-state index contributed by atoms with van der Waals surface area (Å²) >= 11 is 0. The lowest BCUT2D eigenvalue weighted by Gasteiger charge is -1.99. The topological polar surface area (TPSA) is 29.4 Å². The Morgan fingerprint density at radius 1 is 1.60 bits per heavy atom. The summed E-state index contributed by atoms with van der Waals surface area (Å²) in [5.41, 5.74) is 0. The highest BCUT2D eigenvalue weighted by atomic mass is 32.4. The minimum Gasteiger partial charge on any atom is -0.258 e. The van der Waals surface area contributed by atoms with Gasteiger partial charge in [0.15, 0.2) is 0 Å². The first-order chi connectivity index (χ1) is 4.62. The average molecular weight is 179 g/mol. The Balaban J connectivity index is 3.60. The van der Waals surface area contributed by atoms with E-state index in [-0.39, 0.29) is 0 Å². The summed E-state index contributed by atoms with van der Waals surface area (Å²) in [5, 5.41) is 0. The molecule has 0 aliphatic rings. The zero-order chi connectivity index (χ0) is 8.04. The zero-order valence-corrected chi connectivity index (χ0v) is 9.32. The molecule has 0 rings (SSSR count). The Kier molecular flexibility index (Phi) is 4.98. The molecule has 0 radical (unpaired) electrons. The number of unbranched alkanes of at least 4 members (excludes halogenated alkanes) is 1. The van der Waals surface area contributed by atoms with E-state index in [1.165, 1.54) is 18.9 Å². The Bertz CT molecular complexity index is 184. The summed E-state index contributed by atoms with van der Waals surface area (Å²) < 4.78 is 15.2. The van der Waals surface area contributed by atoms with Crippen molar-refractivity contribution in [1.82, 2.24) is 0 Å². The summed E-state index contributed by atoms with van der Waals surface area (Å²) in [6.07, 6.45) is 4.23. The maximum Gasteiger partial charge on any atom is 0.139 e. The molecule has 0 amide bonds. The van der Waals surface area contributed by atoms with E-state index in [0.717, 1.165) is 0 Å². The average Bonchev–Trinajstić information content (AvgIpc) is 1.89. The van der Waals surface area contributed by atoms with Crippen LogP contribution in [0.2, 0.25) is 6.04 Å². The summed E-state index contributed by atoms with van der Waals surface area (Å²) in [7, 11) is -0.421. The third kappa shape index (κ3) is 4.99. The second-order valence-electron chi connectivity index (χ2n) is 2.55. The number of hydrogen-bond acceptors (Lipinski definition) is 2. The molecule has 1 atom stereocenters. The van der Waals surface area contributed by atoms with Gasteiger partial charge in [-0.3, -0.25) is 4.21 Å². The molecule has 0 aromatic carbocycles. The van der Waals surface area contributed by atoms with Crippen molar-refractivity contribution in [2.75, 3.05) is 13.3 Å². The highest BCUT2D eigenvalue weighted by molar-refractivity contribution is 8.16. The molecule has 0 aromatic rings. The Labute approximate surface area is 66.1 Å². The fraction of sp³-hybridized carbons (Fsp3) is 1.00. The van der Waals surface area contributed by atoms with Crippen LogP contribution < -0.4 is 0 Å². The molecule has 1 unspecified atom stereocenters. The predicted molar refractivity (Wildman–Crippen MR) is 50.7 cm³/mol. The van der Waals surface area contributed by atoms with Gasteiger partial charge in [0.25, 0.3) is 0 Å². The van der Waals surface area contributed by atoms with Gasteiger partial charge in [-0.25, -0.2) is 4.36 Å². The van der Waals surface area contributed by atoms with Crippen molar-refractivity contribution >= 4 is 17.8 Å². The highest BCUT2D eigenvalue weighted by Gasteiger charge is 1.98. The van der Waals surface area contributed by atoms with Gasteiger partial charge in [0.1, 0.15) is 8.67 Å². The summed E-state index contributed by atoms with van der Waals surface area (Å²) in [5.74, 6) is 0. The lowest BCUT2D eigenvalue weighted by atomic mass is 10.4. The molecule has 0 aromatic heterocycles. The van der Waals surface area contributed by atoms with Crippen molar-refractivity contribution < 1.29 is 4.21 Å². The lowest BCUT2D eigenvalue weighted by molar-refractivity contribution is 0.688. The van der Waals surface area contributed by atoms with E-state index < -0.39 is 17.8 Å². The van der Waals surface area contributed by atoms with Crippen molar-refractivity contribution in [3.63, 3.8) is 0 Å². The quantitative estimate of drug-likeness (QED) is 0.468. The number of hydrogen-bond donors (Lipinski definition) is 0. The van der Waals surface area contributed by atoms with E-state index in [1.807, 2.05) is 0 Å². The lowest BCUT2D eigenvalue weighted by Crippen LogP contribution is -2.06. The fourth-order valence-electron chi connectivity index (χ4n) is 0.711. The predicted octanol–water partition coefficient (Wildman–Crippen LogP) is 1.02.